The molecule has 1 aromatic heterocycles. The van der Waals surface area contributed by atoms with Crippen LogP contribution in [-0.2, 0) is 6.54 Å². The Bertz CT molecular complexity index is 749. The lowest BCUT2D eigenvalue weighted by Crippen LogP contribution is -1.99. The first-order valence-corrected chi connectivity index (χ1v) is 6.91. The fraction of sp³-hybridized carbons (Fsp3) is 0.176. The molecule has 21 heavy (non-hydrogen) atoms. The van der Waals surface area contributed by atoms with Crippen LogP contribution in [0.3, 0.4) is 0 Å². The summed E-state index contributed by atoms with van der Waals surface area (Å²) in [5.74, 6) is 1.13. The third kappa shape index (κ3) is 3.28. The molecule has 0 aliphatic rings. The predicted molar refractivity (Wildman–Crippen MR) is 83.0 cm³/mol. The molecule has 4 heteroatoms. The summed E-state index contributed by atoms with van der Waals surface area (Å²) in [5, 5.41) is 11.5. The minimum Gasteiger partial charge on any atom is -0.419 e. The maximum Gasteiger partial charge on any atom is 0.247 e. The minimum absolute atomic E-state index is 0.516. The van der Waals surface area contributed by atoms with Crippen molar-refractivity contribution in [2.24, 2.45) is 0 Å². The molecule has 0 amide bonds. The molecular weight excluding hydrogens is 262 g/mol. The lowest BCUT2D eigenvalue weighted by atomic mass is 10.1. The van der Waals surface area contributed by atoms with E-state index in [1.165, 1.54) is 11.1 Å². The quantitative estimate of drug-likeness (QED) is 0.785. The largest absolute Gasteiger partial charge is 0.419 e. The van der Waals surface area contributed by atoms with Crippen molar-refractivity contribution in [3.8, 4) is 11.5 Å². The van der Waals surface area contributed by atoms with Crippen LogP contribution in [0, 0.1) is 13.8 Å². The Kier molecular flexibility index (Phi) is 3.69. The van der Waals surface area contributed by atoms with Gasteiger partial charge >= 0.3 is 0 Å². The maximum absolute atomic E-state index is 5.69. The summed E-state index contributed by atoms with van der Waals surface area (Å²) in [6.07, 6.45) is 0. The Hall–Kier alpha value is -2.62. The van der Waals surface area contributed by atoms with E-state index in [0.29, 0.717) is 18.3 Å². The van der Waals surface area contributed by atoms with Gasteiger partial charge in [0.2, 0.25) is 11.8 Å². The lowest BCUT2D eigenvalue weighted by Gasteiger charge is -2.03. The van der Waals surface area contributed by atoms with Gasteiger partial charge in [-0.1, -0.05) is 29.8 Å². The fourth-order valence-corrected chi connectivity index (χ4v) is 2.15. The lowest BCUT2D eigenvalue weighted by molar-refractivity contribution is 0.515. The Labute approximate surface area is 123 Å². The van der Waals surface area contributed by atoms with Crippen molar-refractivity contribution in [3.05, 3.63) is 65.5 Å². The second kappa shape index (κ2) is 5.79. The molecule has 0 aliphatic carbocycles. The van der Waals surface area contributed by atoms with Crippen molar-refractivity contribution in [3.63, 3.8) is 0 Å². The molecule has 0 aliphatic heterocycles. The molecule has 2 aromatic carbocycles. The van der Waals surface area contributed by atoms with E-state index in [1.807, 2.05) is 43.3 Å². The molecule has 0 spiro atoms. The Morgan fingerprint density at radius 3 is 2.48 bits per heavy atom. The van der Waals surface area contributed by atoms with Crippen molar-refractivity contribution in [2.75, 3.05) is 5.32 Å². The van der Waals surface area contributed by atoms with Gasteiger partial charge in [-0.05, 0) is 43.7 Å². The van der Waals surface area contributed by atoms with Gasteiger partial charge in [0, 0.05) is 11.3 Å². The summed E-state index contributed by atoms with van der Waals surface area (Å²) in [6.45, 7) is 4.62. The predicted octanol–water partition coefficient (Wildman–Crippen LogP) is 3.97. The first-order valence-electron chi connectivity index (χ1n) is 6.91. The zero-order valence-corrected chi connectivity index (χ0v) is 12.1. The van der Waals surface area contributed by atoms with Crippen LogP contribution in [0.15, 0.2) is 52.9 Å². The third-order valence-corrected chi connectivity index (χ3v) is 3.19. The van der Waals surface area contributed by atoms with Gasteiger partial charge in [-0.2, -0.15) is 0 Å². The molecule has 1 heterocycles. The molecule has 0 fully saturated rings. The molecule has 0 bridgehead atoms. The van der Waals surface area contributed by atoms with Gasteiger partial charge < -0.3 is 9.73 Å². The van der Waals surface area contributed by atoms with Gasteiger partial charge in [-0.3, -0.25) is 0 Å². The summed E-state index contributed by atoms with van der Waals surface area (Å²) in [6, 6.07) is 16.2. The highest BCUT2D eigenvalue weighted by Crippen LogP contribution is 2.19. The Morgan fingerprint density at radius 1 is 0.952 bits per heavy atom. The van der Waals surface area contributed by atoms with Crippen LogP contribution in [0.4, 0.5) is 5.69 Å². The van der Waals surface area contributed by atoms with Gasteiger partial charge in [0.1, 0.15) is 0 Å². The molecule has 1 N–H and O–H groups in total. The number of hydrogen-bond acceptors (Lipinski definition) is 4. The number of aromatic nitrogens is 2. The van der Waals surface area contributed by atoms with E-state index >= 15 is 0 Å². The molecule has 3 aromatic rings. The van der Waals surface area contributed by atoms with Crippen molar-refractivity contribution in [1.29, 1.82) is 0 Å². The number of nitrogens with zero attached hydrogens (tertiary/aromatic N) is 2. The van der Waals surface area contributed by atoms with Crippen LogP contribution in [0.5, 0.6) is 0 Å². The zero-order valence-electron chi connectivity index (χ0n) is 12.1. The van der Waals surface area contributed by atoms with Crippen molar-refractivity contribution < 1.29 is 4.42 Å². The van der Waals surface area contributed by atoms with Gasteiger partial charge in [0.25, 0.3) is 0 Å². The van der Waals surface area contributed by atoms with E-state index < -0.39 is 0 Å². The first-order chi connectivity index (χ1) is 10.2. The number of benzene rings is 2. The topological polar surface area (TPSA) is 51.0 Å². The van der Waals surface area contributed by atoms with E-state index in [4.69, 9.17) is 4.42 Å². The van der Waals surface area contributed by atoms with Crippen LogP contribution in [0.1, 0.15) is 17.0 Å². The van der Waals surface area contributed by atoms with Crippen LogP contribution >= 0.6 is 0 Å². The molecule has 0 saturated carbocycles. The number of rotatable bonds is 4. The summed E-state index contributed by atoms with van der Waals surface area (Å²) in [5.41, 5.74) is 4.38. The summed E-state index contributed by atoms with van der Waals surface area (Å²) in [4.78, 5) is 0. The van der Waals surface area contributed by atoms with Gasteiger partial charge in [0.15, 0.2) is 0 Å². The number of aryl methyl sites for hydroxylation is 2. The number of anilines is 1. The van der Waals surface area contributed by atoms with Crippen molar-refractivity contribution >= 4 is 5.69 Å². The van der Waals surface area contributed by atoms with Crippen LogP contribution < -0.4 is 5.32 Å². The molecule has 0 unspecified atom stereocenters. The number of hydrogen-bond donors (Lipinski definition) is 1. The van der Waals surface area contributed by atoms with Crippen LogP contribution in [0.2, 0.25) is 0 Å². The highest BCUT2D eigenvalue weighted by atomic mass is 16.4. The van der Waals surface area contributed by atoms with Crippen LogP contribution in [-0.4, -0.2) is 10.2 Å². The van der Waals surface area contributed by atoms with E-state index in [-0.39, 0.29) is 0 Å². The van der Waals surface area contributed by atoms with Crippen molar-refractivity contribution in [1.82, 2.24) is 10.2 Å². The van der Waals surface area contributed by atoms with E-state index in [1.54, 1.807) is 0 Å². The standard InChI is InChI=1S/C17H17N3O/c1-12-5-3-7-14(9-12)17-20-19-16(21-17)11-18-15-8-4-6-13(2)10-15/h3-10,18H,11H2,1-2H3. The maximum atomic E-state index is 5.69. The molecule has 4 nitrogen and oxygen atoms in total. The van der Waals surface area contributed by atoms with E-state index in [0.717, 1.165) is 11.3 Å². The summed E-state index contributed by atoms with van der Waals surface area (Å²) in [7, 11) is 0. The summed E-state index contributed by atoms with van der Waals surface area (Å²) < 4.78 is 5.69. The average molecular weight is 279 g/mol. The molecule has 106 valence electrons. The zero-order chi connectivity index (χ0) is 14.7. The first kappa shape index (κ1) is 13.4. The van der Waals surface area contributed by atoms with E-state index in [2.05, 4.69) is 34.6 Å². The van der Waals surface area contributed by atoms with Gasteiger partial charge in [-0.25, -0.2) is 0 Å². The number of nitrogens with one attached hydrogen (secondary N) is 1. The smallest absolute Gasteiger partial charge is 0.247 e. The molecule has 0 atom stereocenters. The highest BCUT2D eigenvalue weighted by molar-refractivity contribution is 5.53. The second-order valence-electron chi connectivity index (χ2n) is 5.09. The monoisotopic (exact) mass is 279 g/mol. The second-order valence-corrected chi connectivity index (χ2v) is 5.09. The van der Waals surface area contributed by atoms with Crippen molar-refractivity contribution in [2.45, 2.75) is 20.4 Å². The third-order valence-electron chi connectivity index (χ3n) is 3.19. The van der Waals surface area contributed by atoms with E-state index in [9.17, 15) is 0 Å². The van der Waals surface area contributed by atoms with Gasteiger partial charge in [-0.15, -0.1) is 10.2 Å². The Balaban J connectivity index is 1.71. The Morgan fingerprint density at radius 2 is 1.71 bits per heavy atom. The molecule has 0 radical (unpaired) electrons. The van der Waals surface area contributed by atoms with Gasteiger partial charge in [0.05, 0.1) is 6.54 Å². The molecular formula is C17H17N3O. The highest BCUT2D eigenvalue weighted by Gasteiger charge is 2.08. The summed E-state index contributed by atoms with van der Waals surface area (Å²) >= 11 is 0. The molecule has 3 rings (SSSR count). The SMILES string of the molecule is Cc1cccc(NCc2nnc(-c3cccc(C)c3)o2)c1. The average Bonchev–Trinajstić information content (AvgIpc) is 2.94. The molecule has 0 saturated heterocycles. The normalized spacial score (nSPS) is 10.6. The van der Waals surface area contributed by atoms with Crippen LogP contribution in [0.25, 0.3) is 11.5 Å². The fourth-order valence-electron chi connectivity index (χ4n) is 2.15. The minimum atomic E-state index is 0.516.